The molecule has 1 aliphatic carbocycles. The van der Waals surface area contributed by atoms with Gasteiger partial charge in [-0.2, -0.15) is 0 Å². The van der Waals surface area contributed by atoms with E-state index in [0.29, 0.717) is 0 Å². The molecule has 0 saturated heterocycles. The number of nitrogens with zero attached hydrogens (tertiary/aromatic N) is 2. The van der Waals surface area contributed by atoms with E-state index in [1.165, 1.54) is 27.8 Å². The van der Waals surface area contributed by atoms with E-state index in [0.717, 1.165) is 60.1 Å². The minimum atomic E-state index is -0.533. The van der Waals surface area contributed by atoms with Crippen LogP contribution in [0.2, 0.25) is 0 Å². The number of para-hydroxylation sites is 1. The summed E-state index contributed by atoms with van der Waals surface area (Å²) in [5.41, 5.74) is 11.9. The molecule has 3 nitrogen and oxygen atoms in total. The SMILES string of the molecule is c1ccc(C2(c3ccccc3)c3ccc(-c4ccc(-c5ccccn5)c5cccnc45)cc3-c3c2ccc2c3Oc3ccccc3S2)cc1. The van der Waals surface area contributed by atoms with Crippen LogP contribution in [0, 0.1) is 0 Å². The molecule has 0 unspecified atom stereocenters. The number of hydrogen-bond acceptors (Lipinski definition) is 4. The van der Waals surface area contributed by atoms with E-state index in [1.807, 2.05) is 36.7 Å². The van der Waals surface area contributed by atoms with Crippen LogP contribution in [-0.2, 0) is 5.41 Å². The van der Waals surface area contributed by atoms with Gasteiger partial charge in [0.2, 0.25) is 0 Å². The van der Waals surface area contributed by atoms with E-state index in [2.05, 4.69) is 138 Å². The molecule has 8 aromatic rings. The standard InChI is InChI=1S/C45H28N2OS/c1-3-12-30(13-4-1)45(31-14-5-2-6-15-31)36-23-20-29(32-21-22-33(38-17-9-10-26-46-38)34-16-11-27-47-43(32)34)28-35(36)42-37(45)24-25-41-44(42)48-39-18-7-8-19-40(39)49-41/h1-28H. The summed E-state index contributed by atoms with van der Waals surface area (Å²) < 4.78 is 6.88. The van der Waals surface area contributed by atoms with E-state index < -0.39 is 5.41 Å². The highest BCUT2D eigenvalue weighted by molar-refractivity contribution is 7.99. The molecule has 0 atom stereocenters. The van der Waals surface area contributed by atoms with Crippen LogP contribution in [0.25, 0.3) is 44.4 Å². The van der Waals surface area contributed by atoms with E-state index in [9.17, 15) is 0 Å². The van der Waals surface area contributed by atoms with Gasteiger partial charge in [-0.1, -0.05) is 127 Å². The highest BCUT2D eigenvalue weighted by Gasteiger charge is 2.48. The molecular weight excluding hydrogens is 617 g/mol. The highest BCUT2D eigenvalue weighted by Crippen LogP contribution is 2.62. The normalized spacial score (nSPS) is 13.6. The summed E-state index contributed by atoms with van der Waals surface area (Å²) in [5.74, 6) is 1.81. The Balaban J connectivity index is 1.27. The van der Waals surface area contributed by atoms with Gasteiger partial charge in [-0.3, -0.25) is 9.97 Å². The number of aromatic nitrogens is 2. The summed E-state index contributed by atoms with van der Waals surface area (Å²) in [7, 11) is 0. The molecule has 0 radical (unpaired) electrons. The molecule has 1 aliphatic heterocycles. The number of hydrogen-bond donors (Lipinski definition) is 0. The molecular formula is C45H28N2OS. The zero-order chi connectivity index (χ0) is 32.4. The molecule has 0 spiro atoms. The third-order valence-corrected chi connectivity index (χ3v) is 11.0. The molecule has 10 rings (SSSR count). The Morgan fingerprint density at radius 1 is 0.510 bits per heavy atom. The van der Waals surface area contributed by atoms with Crippen LogP contribution in [0.4, 0.5) is 0 Å². The molecule has 49 heavy (non-hydrogen) atoms. The van der Waals surface area contributed by atoms with E-state index >= 15 is 0 Å². The average molecular weight is 645 g/mol. The van der Waals surface area contributed by atoms with Gasteiger partial charge < -0.3 is 4.74 Å². The lowest BCUT2D eigenvalue weighted by molar-refractivity contribution is 0.456. The molecule has 6 aromatic carbocycles. The third-order valence-electron chi connectivity index (χ3n) is 9.93. The summed E-state index contributed by atoms with van der Waals surface area (Å²) >= 11 is 1.78. The third kappa shape index (κ3) is 4.17. The maximum absolute atomic E-state index is 6.88. The van der Waals surface area contributed by atoms with Crippen molar-refractivity contribution in [2.75, 3.05) is 0 Å². The first-order valence-corrected chi connectivity index (χ1v) is 17.3. The first kappa shape index (κ1) is 28.1. The number of pyridine rings is 2. The van der Waals surface area contributed by atoms with Crippen molar-refractivity contribution in [3.63, 3.8) is 0 Å². The maximum Gasteiger partial charge on any atom is 0.149 e. The molecule has 230 valence electrons. The van der Waals surface area contributed by atoms with Gasteiger partial charge in [0.05, 0.1) is 26.4 Å². The Bertz CT molecular complexity index is 2510. The summed E-state index contributed by atoms with van der Waals surface area (Å²) in [5, 5.41) is 1.08. The van der Waals surface area contributed by atoms with E-state index in [4.69, 9.17) is 9.72 Å². The Morgan fingerprint density at radius 3 is 2.02 bits per heavy atom. The Kier molecular flexibility index (Phi) is 6.33. The molecule has 0 amide bonds. The summed E-state index contributed by atoms with van der Waals surface area (Å²) in [6.07, 6.45) is 3.72. The van der Waals surface area contributed by atoms with Crippen LogP contribution in [0.3, 0.4) is 0 Å². The number of ether oxygens (including phenoxy) is 1. The van der Waals surface area contributed by atoms with Crippen LogP contribution in [0.15, 0.2) is 180 Å². The lowest BCUT2D eigenvalue weighted by Crippen LogP contribution is -2.28. The van der Waals surface area contributed by atoms with Crippen LogP contribution in [-0.4, -0.2) is 9.97 Å². The summed E-state index contributed by atoms with van der Waals surface area (Å²) in [4.78, 5) is 11.9. The van der Waals surface area contributed by atoms with Gasteiger partial charge in [0, 0.05) is 34.5 Å². The van der Waals surface area contributed by atoms with Crippen molar-refractivity contribution < 1.29 is 4.74 Å². The van der Waals surface area contributed by atoms with E-state index in [1.54, 1.807) is 11.8 Å². The summed E-state index contributed by atoms with van der Waals surface area (Å²) in [6, 6.07) is 56.3. The molecule has 0 N–H and O–H groups in total. The Hall–Kier alpha value is -5.97. The predicted octanol–water partition coefficient (Wildman–Crippen LogP) is 11.6. The fraction of sp³-hybridized carbons (Fsp3) is 0.0222. The zero-order valence-corrected chi connectivity index (χ0v) is 27.2. The lowest BCUT2D eigenvalue weighted by atomic mass is 9.67. The molecule has 4 heteroatoms. The van der Waals surface area contributed by atoms with Crippen molar-refractivity contribution >= 4 is 22.7 Å². The zero-order valence-electron chi connectivity index (χ0n) is 26.4. The largest absolute Gasteiger partial charge is 0.454 e. The number of rotatable bonds is 4. The van der Waals surface area contributed by atoms with Gasteiger partial charge >= 0.3 is 0 Å². The Labute approximate surface area is 288 Å². The fourth-order valence-corrected chi connectivity index (χ4v) is 8.85. The van der Waals surface area contributed by atoms with Crippen LogP contribution in [0.1, 0.15) is 22.3 Å². The molecule has 3 heterocycles. The lowest BCUT2D eigenvalue weighted by Gasteiger charge is -2.34. The van der Waals surface area contributed by atoms with Crippen LogP contribution in [0.5, 0.6) is 11.5 Å². The van der Waals surface area contributed by atoms with Crippen LogP contribution < -0.4 is 4.74 Å². The van der Waals surface area contributed by atoms with Crippen molar-refractivity contribution in [2.24, 2.45) is 0 Å². The smallest absolute Gasteiger partial charge is 0.149 e. The Morgan fingerprint density at radius 2 is 1.22 bits per heavy atom. The average Bonchev–Trinajstić information content (AvgIpc) is 3.48. The summed E-state index contributed by atoms with van der Waals surface area (Å²) in [6.45, 7) is 0. The van der Waals surface area contributed by atoms with Crippen molar-refractivity contribution in [1.82, 2.24) is 9.97 Å². The molecule has 2 aliphatic rings. The molecule has 2 aromatic heterocycles. The minimum absolute atomic E-state index is 0.533. The van der Waals surface area contributed by atoms with Gasteiger partial charge in [0.1, 0.15) is 11.5 Å². The van der Waals surface area contributed by atoms with E-state index in [-0.39, 0.29) is 0 Å². The fourth-order valence-electron chi connectivity index (χ4n) is 7.88. The maximum atomic E-state index is 6.88. The molecule has 0 saturated carbocycles. The first-order chi connectivity index (χ1) is 24.3. The van der Waals surface area contributed by atoms with Crippen molar-refractivity contribution in [3.05, 3.63) is 192 Å². The topological polar surface area (TPSA) is 35.0 Å². The molecule has 0 fully saturated rings. The van der Waals surface area contributed by atoms with Crippen molar-refractivity contribution in [3.8, 4) is 45.0 Å². The van der Waals surface area contributed by atoms with Gasteiger partial charge in [0.25, 0.3) is 0 Å². The van der Waals surface area contributed by atoms with Gasteiger partial charge in [-0.15, -0.1) is 0 Å². The first-order valence-electron chi connectivity index (χ1n) is 16.5. The monoisotopic (exact) mass is 644 g/mol. The highest BCUT2D eigenvalue weighted by atomic mass is 32.2. The van der Waals surface area contributed by atoms with Gasteiger partial charge in [-0.25, -0.2) is 0 Å². The van der Waals surface area contributed by atoms with Gasteiger partial charge in [-0.05, 0) is 75.8 Å². The minimum Gasteiger partial charge on any atom is -0.454 e. The number of fused-ring (bicyclic) bond motifs is 7. The second-order valence-corrected chi connectivity index (χ2v) is 13.6. The number of benzene rings is 6. The predicted molar refractivity (Wildman–Crippen MR) is 198 cm³/mol. The van der Waals surface area contributed by atoms with Gasteiger partial charge in [0.15, 0.2) is 0 Å². The second-order valence-electron chi connectivity index (χ2n) is 12.5. The van der Waals surface area contributed by atoms with Crippen molar-refractivity contribution in [1.29, 1.82) is 0 Å². The molecule has 0 bridgehead atoms. The van der Waals surface area contributed by atoms with Crippen molar-refractivity contribution in [2.45, 2.75) is 15.2 Å². The van der Waals surface area contributed by atoms with Crippen LogP contribution >= 0.6 is 11.8 Å². The second kappa shape index (κ2) is 11.0. The quantitative estimate of drug-likeness (QED) is 0.191.